The number of carbonyl (C=O) groups excluding carboxylic acids is 2. The Bertz CT molecular complexity index is 1270. The molecule has 0 unspecified atom stereocenters. The molecule has 2 aliphatic carbocycles. The van der Waals surface area contributed by atoms with Crippen molar-refractivity contribution in [2.75, 3.05) is 4.90 Å². The number of anilines is 1. The predicted octanol–water partition coefficient (Wildman–Crippen LogP) is 6.07. The van der Waals surface area contributed by atoms with Crippen molar-refractivity contribution in [3.63, 3.8) is 0 Å². The summed E-state index contributed by atoms with van der Waals surface area (Å²) >= 11 is 6.31. The zero-order valence-electron chi connectivity index (χ0n) is 18.1. The van der Waals surface area contributed by atoms with Gasteiger partial charge in [0.1, 0.15) is 0 Å². The third kappa shape index (κ3) is 2.96. The van der Waals surface area contributed by atoms with Crippen LogP contribution in [-0.2, 0) is 9.59 Å². The number of nitrogens with zero attached hydrogens (tertiary/aromatic N) is 1. The SMILES string of the molecule is Cc1ccc(N2C(=O)[C@@H]3[C@H](C2=O)[C@H]2C=C[C@@H]3C2=C(c2ccccc2)c2ccccc2)cc1Cl. The summed E-state index contributed by atoms with van der Waals surface area (Å²) in [6, 6.07) is 25.9. The molecule has 6 rings (SSSR count). The predicted molar refractivity (Wildman–Crippen MR) is 131 cm³/mol. The summed E-state index contributed by atoms with van der Waals surface area (Å²) in [7, 11) is 0. The monoisotopic (exact) mass is 451 g/mol. The second-order valence-corrected chi connectivity index (χ2v) is 9.40. The van der Waals surface area contributed by atoms with E-state index in [9.17, 15) is 9.59 Å². The van der Waals surface area contributed by atoms with Crippen molar-refractivity contribution in [3.05, 3.63) is 118 Å². The van der Waals surface area contributed by atoms with Crippen LogP contribution in [0, 0.1) is 30.6 Å². The minimum atomic E-state index is -0.370. The van der Waals surface area contributed by atoms with Crippen molar-refractivity contribution in [2.45, 2.75) is 6.92 Å². The summed E-state index contributed by atoms with van der Waals surface area (Å²) in [5.41, 5.74) is 6.02. The van der Waals surface area contributed by atoms with Gasteiger partial charge in [0.05, 0.1) is 17.5 Å². The summed E-state index contributed by atoms with van der Waals surface area (Å²) in [6.07, 6.45) is 4.26. The van der Waals surface area contributed by atoms with Gasteiger partial charge in [-0.3, -0.25) is 9.59 Å². The van der Waals surface area contributed by atoms with E-state index >= 15 is 0 Å². The Kier molecular flexibility index (Phi) is 4.63. The van der Waals surface area contributed by atoms with Gasteiger partial charge in [-0.15, -0.1) is 0 Å². The van der Waals surface area contributed by atoms with Crippen molar-refractivity contribution in [2.24, 2.45) is 23.7 Å². The summed E-state index contributed by atoms with van der Waals surface area (Å²) in [6.45, 7) is 1.91. The molecule has 1 aliphatic heterocycles. The van der Waals surface area contributed by atoms with Crippen LogP contribution in [0.3, 0.4) is 0 Å². The number of amides is 2. The van der Waals surface area contributed by atoms with Crippen LogP contribution in [0.25, 0.3) is 5.57 Å². The van der Waals surface area contributed by atoms with Gasteiger partial charge < -0.3 is 0 Å². The molecule has 1 saturated carbocycles. The lowest BCUT2D eigenvalue weighted by atomic mass is 9.85. The first-order valence-electron chi connectivity index (χ1n) is 11.2. The molecule has 0 aromatic heterocycles. The van der Waals surface area contributed by atoms with E-state index in [0.717, 1.165) is 22.3 Å². The van der Waals surface area contributed by atoms with Crippen LogP contribution >= 0.6 is 11.6 Å². The number of benzene rings is 3. The number of hydrogen-bond donors (Lipinski definition) is 0. The van der Waals surface area contributed by atoms with Gasteiger partial charge in [0.15, 0.2) is 0 Å². The number of imide groups is 1. The highest BCUT2D eigenvalue weighted by molar-refractivity contribution is 6.32. The van der Waals surface area contributed by atoms with Gasteiger partial charge in [0, 0.05) is 16.9 Å². The molecule has 3 nitrogen and oxygen atoms in total. The van der Waals surface area contributed by atoms with E-state index < -0.39 is 0 Å². The Morgan fingerprint density at radius 3 is 1.76 bits per heavy atom. The minimum Gasteiger partial charge on any atom is -0.274 e. The fourth-order valence-corrected chi connectivity index (χ4v) is 5.96. The Morgan fingerprint density at radius 1 is 0.758 bits per heavy atom. The van der Waals surface area contributed by atoms with Crippen LogP contribution in [0.1, 0.15) is 16.7 Å². The first-order chi connectivity index (χ1) is 16.1. The van der Waals surface area contributed by atoms with Crippen molar-refractivity contribution in [1.82, 2.24) is 0 Å². The fourth-order valence-electron chi connectivity index (χ4n) is 5.78. The molecule has 2 amide bonds. The molecule has 2 fully saturated rings. The van der Waals surface area contributed by atoms with Gasteiger partial charge >= 0.3 is 0 Å². The molecule has 1 heterocycles. The van der Waals surface area contributed by atoms with E-state index in [1.807, 2.05) is 55.5 Å². The van der Waals surface area contributed by atoms with Crippen LogP contribution in [0.4, 0.5) is 5.69 Å². The molecular formula is C29H22ClNO2. The summed E-state index contributed by atoms with van der Waals surface area (Å²) < 4.78 is 0. The van der Waals surface area contributed by atoms with Gasteiger partial charge in [0.25, 0.3) is 0 Å². The lowest BCUT2D eigenvalue weighted by molar-refractivity contribution is -0.122. The third-order valence-electron chi connectivity index (χ3n) is 7.24. The first kappa shape index (κ1) is 20.2. The fraction of sp³-hybridized carbons (Fsp3) is 0.172. The van der Waals surface area contributed by atoms with Gasteiger partial charge in [0.2, 0.25) is 11.8 Å². The summed E-state index contributed by atoms with van der Waals surface area (Å²) in [4.78, 5) is 28.6. The smallest absolute Gasteiger partial charge is 0.238 e. The Morgan fingerprint density at radius 2 is 1.27 bits per heavy atom. The van der Waals surface area contributed by atoms with E-state index in [1.165, 1.54) is 10.5 Å². The van der Waals surface area contributed by atoms with Crippen molar-refractivity contribution in [1.29, 1.82) is 0 Å². The molecule has 0 N–H and O–H groups in total. The molecule has 4 atom stereocenters. The van der Waals surface area contributed by atoms with Gasteiger partial charge in [-0.1, -0.05) is 90.5 Å². The third-order valence-corrected chi connectivity index (χ3v) is 7.65. The van der Waals surface area contributed by atoms with Gasteiger partial charge in [-0.2, -0.15) is 0 Å². The van der Waals surface area contributed by atoms with Crippen LogP contribution in [-0.4, -0.2) is 11.8 Å². The van der Waals surface area contributed by atoms with E-state index in [2.05, 4.69) is 36.4 Å². The van der Waals surface area contributed by atoms with Crippen LogP contribution < -0.4 is 4.90 Å². The maximum absolute atomic E-state index is 13.6. The van der Waals surface area contributed by atoms with Gasteiger partial charge in [-0.05, 0) is 46.9 Å². The summed E-state index contributed by atoms with van der Waals surface area (Å²) in [5, 5.41) is 0.558. The lowest BCUT2D eigenvalue weighted by Gasteiger charge is -2.22. The molecule has 1 saturated heterocycles. The zero-order chi connectivity index (χ0) is 22.7. The molecule has 0 radical (unpaired) electrons. The maximum atomic E-state index is 13.6. The average molecular weight is 452 g/mol. The number of hydrogen-bond acceptors (Lipinski definition) is 2. The molecule has 33 heavy (non-hydrogen) atoms. The molecule has 3 aliphatic rings. The van der Waals surface area contributed by atoms with Crippen LogP contribution in [0.15, 0.2) is 96.6 Å². The number of carbonyl (C=O) groups is 2. The molecule has 3 aromatic rings. The number of aryl methyl sites for hydroxylation is 1. The Balaban J connectivity index is 1.48. The topological polar surface area (TPSA) is 37.4 Å². The van der Waals surface area contributed by atoms with E-state index in [0.29, 0.717) is 10.7 Å². The van der Waals surface area contributed by atoms with Crippen molar-refractivity contribution >= 4 is 34.7 Å². The number of halogens is 1. The highest BCUT2D eigenvalue weighted by Gasteiger charge is 2.62. The Labute approximate surface area is 198 Å². The molecule has 3 aromatic carbocycles. The van der Waals surface area contributed by atoms with Crippen LogP contribution in [0.2, 0.25) is 5.02 Å². The number of fused-ring (bicyclic) bond motifs is 5. The molecule has 162 valence electrons. The first-order valence-corrected chi connectivity index (χ1v) is 11.6. The van der Waals surface area contributed by atoms with Crippen molar-refractivity contribution < 1.29 is 9.59 Å². The molecular weight excluding hydrogens is 430 g/mol. The Hall–Kier alpha value is -3.43. The van der Waals surface area contributed by atoms with Gasteiger partial charge in [-0.25, -0.2) is 4.90 Å². The zero-order valence-corrected chi connectivity index (χ0v) is 18.9. The quantitative estimate of drug-likeness (QED) is 0.358. The van der Waals surface area contributed by atoms with E-state index in [1.54, 1.807) is 6.07 Å². The highest BCUT2D eigenvalue weighted by Crippen LogP contribution is 2.58. The highest BCUT2D eigenvalue weighted by atomic mass is 35.5. The van der Waals surface area contributed by atoms with E-state index in [4.69, 9.17) is 11.6 Å². The van der Waals surface area contributed by atoms with Crippen LogP contribution in [0.5, 0.6) is 0 Å². The summed E-state index contributed by atoms with van der Waals surface area (Å²) in [5.74, 6) is -1.16. The molecule has 2 bridgehead atoms. The average Bonchev–Trinajstić information content (AvgIpc) is 3.47. The molecule has 4 heteroatoms. The number of rotatable bonds is 3. The second-order valence-electron chi connectivity index (χ2n) is 9.00. The van der Waals surface area contributed by atoms with Crippen molar-refractivity contribution in [3.8, 4) is 0 Å². The standard InChI is InChI=1S/C29H22ClNO2/c1-17-12-13-20(16-23(17)30)31-28(32)26-21-14-15-22(27(26)29(31)33)25(21)24(18-8-4-2-5-9-18)19-10-6-3-7-11-19/h2-16,21-22,26-27H,1H3/t21-,22+,26+,27-. The number of allylic oxidation sites excluding steroid dienone is 3. The largest absolute Gasteiger partial charge is 0.274 e. The minimum absolute atomic E-state index is 0.0854. The lowest BCUT2D eigenvalue weighted by Crippen LogP contribution is -2.33. The second kappa shape index (κ2) is 7.57. The maximum Gasteiger partial charge on any atom is 0.238 e. The van der Waals surface area contributed by atoms with E-state index in [-0.39, 0.29) is 35.5 Å². The molecule has 0 spiro atoms. The normalized spacial score (nSPS) is 25.2.